The van der Waals surface area contributed by atoms with Crippen molar-refractivity contribution in [1.82, 2.24) is 4.31 Å². The second-order valence-corrected chi connectivity index (χ2v) is 6.20. The van der Waals surface area contributed by atoms with E-state index in [-0.39, 0.29) is 12.6 Å². The topological polar surface area (TPSA) is 101 Å². The number of nitrogens with zero attached hydrogens (tertiary/aromatic N) is 1. The number of sulfonamides is 1. The Kier molecular flexibility index (Phi) is 4.28. The second kappa shape index (κ2) is 5.11. The van der Waals surface area contributed by atoms with Crippen LogP contribution < -0.4 is 5.73 Å². The number of carbonyl (C=O) groups is 1. The summed E-state index contributed by atoms with van der Waals surface area (Å²) in [6.45, 7) is 2.66. The minimum Gasteiger partial charge on any atom is -0.480 e. The van der Waals surface area contributed by atoms with Crippen LogP contribution in [0.15, 0.2) is 0 Å². The van der Waals surface area contributed by atoms with Gasteiger partial charge in [0.2, 0.25) is 10.0 Å². The van der Waals surface area contributed by atoms with Gasteiger partial charge >= 0.3 is 5.97 Å². The molecule has 0 saturated carbocycles. The molecule has 94 valence electrons. The lowest BCUT2D eigenvalue weighted by atomic mass is 9.94. The third-order valence-electron chi connectivity index (χ3n) is 2.86. The maximum atomic E-state index is 11.8. The van der Waals surface area contributed by atoms with Gasteiger partial charge < -0.3 is 10.8 Å². The first-order valence-electron chi connectivity index (χ1n) is 5.28. The molecule has 0 aliphatic carbocycles. The summed E-state index contributed by atoms with van der Waals surface area (Å²) in [6, 6.07) is -0.256. The van der Waals surface area contributed by atoms with E-state index in [0.717, 1.165) is 6.42 Å². The Labute approximate surface area is 95.5 Å². The van der Waals surface area contributed by atoms with Crippen molar-refractivity contribution in [3.63, 3.8) is 0 Å². The highest BCUT2D eigenvalue weighted by molar-refractivity contribution is 7.89. The van der Waals surface area contributed by atoms with Crippen molar-refractivity contribution in [2.45, 2.75) is 25.8 Å². The van der Waals surface area contributed by atoms with Crippen LogP contribution in [0.1, 0.15) is 19.8 Å². The average molecular weight is 250 g/mol. The maximum absolute atomic E-state index is 11.8. The Hall–Kier alpha value is -0.660. The summed E-state index contributed by atoms with van der Waals surface area (Å²) in [5.74, 6) is -1.74. The summed E-state index contributed by atoms with van der Waals surface area (Å²) in [4.78, 5) is 10.5. The lowest BCUT2D eigenvalue weighted by Crippen LogP contribution is -2.50. The van der Waals surface area contributed by atoms with E-state index in [9.17, 15) is 13.2 Å². The van der Waals surface area contributed by atoms with Gasteiger partial charge in [0, 0.05) is 19.1 Å². The van der Waals surface area contributed by atoms with Gasteiger partial charge in [0.05, 0.1) is 0 Å². The fourth-order valence-electron chi connectivity index (χ4n) is 2.05. The van der Waals surface area contributed by atoms with Crippen LogP contribution in [-0.4, -0.2) is 48.7 Å². The number of aliphatic carboxylic acids is 1. The molecule has 0 aromatic rings. The maximum Gasteiger partial charge on any atom is 0.320 e. The fourth-order valence-corrected chi connectivity index (χ4v) is 3.54. The number of hydrogen-bond donors (Lipinski definition) is 2. The normalized spacial score (nSPS) is 27.9. The highest BCUT2D eigenvalue weighted by Crippen LogP contribution is 2.24. The van der Waals surface area contributed by atoms with Crippen LogP contribution in [0.25, 0.3) is 0 Å². The number of rotatable bonds is 4. The zero-order chi connectivity index (χ0) is 12.3. The van der Waals surface area contributed by atoms with Crippen molar-refractivity contribution in [3.8, 4) is 0 Å². The fraction of sp³-hybridized carbons (Fsp3) is 0.889. The van der Waals surface area contributed by atoms with Crippen molar-refractivity contribution in [3.05, 3.63) is 0 Å². The van der Waals surface area contributed by atoms with E-state index >= 15 is 0 Å². The first-order valence-corrected chi connectivity index (χ1v) is 6.89. The van der Waals surface area contributed by atoms with Gasteiger partial charge in [0.15, 0.2) is 5.75 Å². The smallest absolute Gasteiger partial charge is 0.320 e. The summed E-state index contributed by atoms with van der Waals surface area (Å²) >= 11 is 0. The van der Waals surface area contributed by atoms with Crippen LogP contribution in [0.2, 0.25) is 0 Å². The van der Waals surface area contributed by atoms with Gasteiger partial charge in [0.1, 0.15) is 0 Å². The summed E-state index contributed by atoms with van der Waals surface area (Å²) in [6.07, 6.45) is 1.46. The molecule has 3 N–H and O–H groups in total. The van der Waals surface area contributed by atoms with E-state index < -0.39 is 21.7 Å². The minimum absolute atomic E-state index is 0.239. The summed E-state index contributed by atoms with van der Waals surface area (Å²) in [5, 5.41) is 8.55. The number of nitrogens with two attached hydrogens (primary N) is 1. The Morgan fingerprint density at radius 1 is 1.56 bits per heavy atom. The summed E-state index contributed by atoms with van der Waals surface area (Å²) < 4.78 is 24.8. The van der Waals surface area contributed by atoms with E-state index in [0.29, 0.717) is 18.9 Å². The largest absolute Gasteiger partial charge is 0.480 e. The lowest BCUT2D eigenvalue weighted by molar-refractivity contribution is -0.134. The van der Waals surface area contributed by atoms with E-state index in [2.05, 4.69) is 0 Å². The van der Waals surface area contributed by atoms with E-state index in [1.807, 2.05) is 6.92 Å². The predicted molar refractivity (Wildman–Crippen MR) is 59.4 cm³/mol. The SMILES string of the molecule is CC1CCN(S(=O)(=O)CC(=O)O)C(CN)C1. The van der Waals surface area contributed by atoms with Crippen molar-refractivity contribution in [2.75, 3.05) is 18.8 Å². The molecular formula is C9H18N2O4S. The molecule has 1 heterocycles. The molecule has 1 aliphatic heterocycles. The van der Waals surface area contributed by atoms with Crippen molar-refractivity contribution < 1.29 is 18.3 Å². The molecule has 1 rings (SSSR count). The lowest BCUT2D eigenvalue weighted by Gasteiger charge is -2.36. The number of hydrogen-bond acceptors (Lipinski definition) is 4. The van der Waals surface area contributed by atoms with Gasteiger partial charge in [-0.2, -0.15) is 4.31 Å². The van der Waals surface area contributed by atoms with Gasteiger partial charge in [-0.1, -0.05) is 6.92 Å². The van der Waals surface area contributed by atoms with Crippen molar-refractivity contribution >= 4 is 16.0 Å². The van der Waals surface area contributed by atoms with Crippen LogP contribution in [-0.2, 0) is 14.8 Å². The molecule has 1 saturated heterocycles. The quantitative estimate of drug-likeness (QED) is 0.698. The summed E-state index contributed by atoms with van der Waals surface area (Å²) in [7, 11) is -3.71. The molecule has 0 amide bonds. The number of piperidine rings is 1. The Morgan fingerprint density at radius 2 is 2.19 bits per heavy atom. The van der Waals surface area contributed by atoms with Gasteiger partial charge in [-0.25, -0.2) is 8.42 Å². The monoisotopic (exact) mass is 250 g/mol. The molecule has 6 nitrogen and oxygen atoms in total. The highest BCUT2D eigenvalue weighted by Gasteiger charge is 2.34. The molecule has 16 heavy (non-hydrogen) atoms. The molecule has 0 aromatic carbocycles. The number of carboxylic acid groups (broad SMARTS) is 1. The first kappa shape index (κ1) is 13.4. The Morgan fingerprint density at radius 3 is 2.69 bits per heavy atom. The molecule has 2 atom stereocenters. The zero-order valence-electron chi connectivity index (χ0n) is 9.30. The van der Waals surface area contributed by atoms with Crippen LogP contribution in [0.4, 0.5) is 0 Å². The number of carboxylic acids is 1. The van der Waals surface area contributed by atoms with Gasteiger partial charge in [-0.15, -0.1) is 0 Å². The molecule has 1 aliphatic rings. The standard InChI is InChI=1S/C9H18N2O4S/c1-7-2-3-11(8(4-7)5-10)16(14,15)6-9(12)13/h7-8H,2-6,10H2,1H3,(H,12,13). The second-order valence-electron chi connectivity index (χ2n) is 4.28. The van der Waals surface area contributed by atoms with Crippen molar-refractivity contribution in [2.24, 2.45) is 11.7 Å². The predicted octanol–water partition coefficient (Wildman–Crippen LogP) is -0.540. The minimum atomic E-state index is -3.71. The molecule has 0 aromatic heterocycles. The molecule has 0 bridgehead atoms. The van der Waals surface area contributed by atoms with Crippen molar-refractivity contribution in [1.29, 1.82) is 0 Å². The van der Waals surface area contributed by atoms with Gasteiger partial charge in [-0.3, -0.25) is 4.79 Å². The van der Waals surface area contributed by atoms with Gasteiger partial charge in [0.25, 0.3) is 0 Å². The van der Waals surface area contributed by atoms with Crippen LogP contribution in [0, 0.1) is 5.92 Å². The molecular weight excluding hydrogens is 232 g/mol. The first-order chi connectivity index (χ1) is 7.36. The third-order valence-corrected chi connectivity index (χ3v) is 4.67. The highest BCUT2D eigenvalue weighted by atomic mass is 32.2. The Bertz CT molecular complexity index is 355. The molecule has 2 unspecified atom stereocenters. The zero-order valence-corrected chi connectivity index (χ0v) is 10.1. The molecule has 0 spiro atoms. The third kappa shape index (κ3) is 3.16. The van der Waals surface area contributed by atoms with Gasteiger partial charge in [-0.05, 0) is 18.8 Å². The molecule has 0 radical (unpaired) electrons. The van der Waals surface area contributed by atoms with Crippen LogP contribution >= 0.6 is 0 Å². The van der Waals surface area contributed by atoms with Crippen LogP contribution in [0.5, 0.6) is 0 Å². The van der Waals surface area contributed by atoms with E-state index in [1.54, 1.807) is 0 Å². The Balaban J connectivity index is 2.81. The van der Waals surface area contributed by atoms with E-state index in [4.69, 9.17) is 10.8 Å². The van der Waals surface area contributed by atoms with E-state index in [1.165, 1.54) is 4.31 Å². The molecule has 7 heteroatoms. The summed E-state index contributed by atoms with van der Waals surface area (Å²) in [5.41, 5.74) is 5.53. The van der Waals surface area contributed by atoms with Crippen LogP contribution in [0.3, 0.4) is 0 Å². The molecule has 1 fully saturated rings. The average Bonchev–Trinajstić information content (AvgIpc) is 2.15.